The third-order valence-electron chi connectivity index (χ3n) is 7.89. The molecule has 0 fully saturated rings. The molecule has 0 unspecified atom stereocenters. The smallest absolute Gasteiger partial charge is 0.0528 e. The van der Waals surface area contributed by atoms with Gasteiger partial charge in [0.2, 0.25) is 0 Å². The molecule has 4 aromatic carbocycles. The Morgan fingerprint density at radius 2 is 1.24 bits per heavy atom. The molecule has 0 amide bonds. The number of aromatic nitrogens is 2. The van der Waals surface area contributed by atoms with Crippen LogP contribution in [-0.4, -0.2) is 9.13 Å². The predicted octanol–water partition coefficient (Wildman–Crippen LogP) is 10.2. The highest BCUT2D eigenvalue weighted by molar-refractivity contribution is 6.09. The molecule has 0 bridgehead atoms. The van der Waals surface area contributed by atoms with Crippen molar-refractivity contribution >= 4 is 21.8 Å². The zero-order chi connectivity index (χ0) is 26.4. The molecule has 0 saturated heterocycles. The van der Waals surface area contributed by atoms with Crippen molar-refractivity contribution in [1.82, 2.24) is 9.13 Å². The predicted molar refractivity (Wildman–Crippen MR) is 163 cm³/mol. The third-order valence-corrected chi connectivity index (χ3v) is 7.89. The van der Waals surface area contributed by atoms with Crippen molar-refractivity contribution in [3.63, 3.8) is 0 Å². The van der Waals surface area contributed by atoms with Gasteiger partial charge in [0.25, 0.3) is 0 Å². The van der Waals surface area contributed by atoms with E-state index in [0.29, 0.717) is 11.8 Å². The Morgan fingerprint density at radius 1 is 0.579 bits per heavy atom. The van der Waals surface area contributed by atoms with Gasteiger partial charge in [-0.3, -0.25) is 0 Å². The quantitative estimate of drug-likeness (QED) is 0.217. The van der Waals surface area contributed by atoms with Crippen LogP contribution in [0.4, 0.5) is 0 Å². The molecule has 2 aromatic heterocycles. The van der Waals surface area contributed by atoms with Crippen molar-refractivity contribution in [2.75, 3.05) is 0 Å². The van der Waals surface area contributed by atoms with Crippen LogP contribution in [0, 0.1) is 0 Å². The maximum Gasteiger partial charge on any atom is 0.0528 e. The van der Waals surface area contributed by atoms with E-state index in [4.69, 9.17) is 0 Å². The highest BCUT2D eigenvalue weighted by Gasteiger charge is 2.20. The van der Waals surface area contributed by atoms with Gasteiger partial charge in [-0.15, -0.1) is 0 Å². The first-order chi connectivity index (χ1) is 18.5. The monoisotopic (exact) mass is 496 g/mol. The van der Waals surface area contributed by atoms with E-state index in [1.807, 2.05) is 0 Å². The zero-order valence-electron chi connectivity index (χ0n) is 23.1. The summed E-state index contributed by atoms with van der Waals surface area (Å²) in [5, 5.41) is 2.66. The van der Waals surface area contributed by atoms with Gasteiger partial charge in [-0.1, -0.05) is 82.3 Å². The number of nitrogens with zero attached hydrogens (tertiary/aromatic N) is 2. The van der Waals surface area contributed by atoms with Crippen LogP contribution in [0.25, 0.3) is 49.9 Å². The van der Waals surface area contributed by atoms with Gasteiger partial charge in [0.15, 0.2) is 0 Å². The summed E-state index contributed by atoms with van der Waals surface area (Å²) in [6.07, 6.45) is 2.22. The zero-order valence-corrected chi connectivity index (χ0v) is 23.1. The highest BCUT2D eigenvalue weighted by Crippen LogP contribution is 2.39. The van der Waals surface area contributed by atoms with Crippen LogP contribution in [0.3, 0.4) is 0 Å². The van der Waals surface area contributed by atoms with Gasteiger partial charge in [0.1, 0.15) is 0 Å². The Kier molecular flexibility index (Phi) is 6.19. The molecule has 190 valence electrons. The van der Waals surface area contributed by atoms with Crippen molar-refractivity contribution in [3.8, 4) is 28.1 Å². The topological polar surface area (TPSA) is 9.86 Å². The van der Waals surface area contributed by atoms with Gasteiger partial charge in [-0.05, 0) is 89.0 Å². The molecular formula is C36H36N2. The van der Waals surface area contributed by atoms with E-state index in [9.17, 15) is 0 Å². The van der Waals surface area contributed by atoms with Gasteiger partial charge in [-0.25, -0.2) is 0 Å². The molecule has 2 heterocycles. The first-order valence-corrected chi connectivity index (χ1v) is 13.9. The largest absolute Gasteiger partial charge is 0.341 e. The van der Waals surface area contributed by atoms with Gasteiger partial charge in [-0.2, -0.15) is 0 Å². The summed E-state index contributed by atoms with van der Waals surface area (Å²) in [4.78, 5) is 0. The number of hydrogen-bond acceptors (Lipinski definition) is 0. The Labute approximate surface area is 226 Å². The molecule has 0 spiro atoms. The molecule has 0 N–H and O–H groups in total. The van der Waals surface area contributed by atoms with Crippen LogP contribution in [0.15, 0.2) is 103 Å². The summed E-state index contributed by atoms with van der Waals surface area (Å²) in [6, 6.07) is 35.8. The van der Waals surface area contributed by atoms with E-state index < -0.39 is 0 Å². The second-order valence-electron chi connectivity index (χ2n) is 10.9. The minimum atomic E-state index is 0.388. The molecule has 0 aliphatic carbocycles. The maximum absolute atomic E-state index is 2.43. The molecular weight excluding hydrogens is 460 g/mol. The fourth-order valence-electron chi connectivity index (χ4n) is 6.00. The van der Waals surface area contributed by atoms with Crippen LogP contribution in [0.2, 0.25) is 0 Å². The van der Waals surface area contributed by atoms with E-state index in [0.717, 1.165) is 6.54 Å². The van der Waals surface area contributed by atoms with Crippen LogP contribution in [0.5, 0.6) is 0 Å². The first kappa shape index (κ1) is 24.3. The molecule has 0 aliphatic rings. The van der Waals surface area contributed by atoms with Crippen LogP contribution < -0.4 is 0 Å². The summed E-state index contributed by atoms with van der Waals surface area (Å²) >= 11 is 0. The number of para-hydroxylation sites is 1. The van der Waals surface area contributed by atoms with E-state index in [-0.39, 0.29) is 0 Å². The second-order valence-corrected chi connectivity index (χ2v) is 10.9. The van der Waals surface area contributed by atoms with Crippen LogP contribution >= 0.6 is 0 Å². The maximum atomic E-state index is 2.43. The number of hydrogen-bond donors (Lipinski definition) is 0. The Bertz CT molecular complexity index is 1720. The lowest BCUT2D eigenvalue weighted by atomic mass is 9.88. The second kappa shape index (κ2) is 9.68. The van der Waals surface area contributed by atoms with Crippen molar-refractivity contribution in [1.29, 1.82) is 0 Å². The summed E-state index contributed by atoms with van der Waals surface area (Å²) in [6.45, 7) is 12.5. The summed E-state index contributed by atoms with van der Waals surface area (Å²) in [7, 11) is 0. The fraction of sp³-hybridized carbons (Fsp3) is 0.222. The molecule has 38 heavy (non-hydrogen) atoms. The van der Waals surface area contributed by atoms with Crippen molar-refractivity contribution in [2.45, 2.75) is 53.0 Å². The highest BCUT2D eigenvalue weighted by atomic mass is 15.0. The van der Waals surface area contributed by atoms with E-state index in [2.05, 4.69) is 147 Å². The molecule has 0 radical (unpaired) electrons. The SMILES string of the molecule is CCn1c2ccccc2c2cc(-c3cc(C(C)C)c(-n4cccc4-c4ccccc4)c(C(C)C)c3)ccc21. The van der Waals surface area contributed by atoms with Gasteiger partial charge < -0.3 is 9.13 Å². The number of rotatable bonds is 6. The molecule has 6 rings (SSSR count). The molecule has 2 heteroatoms. The van der Waals surface area contributed by atoms with Gasteiger partial charge in [0, 0.05) is 34.5 Å². The van der Waals surface area contributed by atoms with Crippen LogP contribution in [-0.2, 0) is 6.54 Å². The standard InChI is InChI=1S/C36H36N2/c1-6-37-34-16-11-10-15-29(34)32-21-27(18-19-35(32)37)28-22-30(24(2)3)36(31(23-28)25(4)5)38-20-12-17-33(38)26-13-8-7-9-14-26/h7-25H,6H2,1-5H3. The van der Waals surface area contributed by atoms with E-state index in [1.54, 1.807) is 0 Å². The number of benzene rings is 4. The lowest BCUT2D eigenvalue weighted by Gasteiger charge is -2.24. The minimum Gasteiger partial charge on any atom is -0.341 e. The van der Waals surface area contributed by atoms with Crippen molar-refractivity contribution < 1.29 is 0 Å². The summed E-state index contributed by atoms with van der Waals surface area (Å²) in [5.74, 6) is 0.776. The van der Waals surface area contributed by atoms with Gasteiger partial charge >= 0.3 is 0 Å². The minimum absolute atomic E-state index is 0.388. The Balaban J connectivity index is 1.58. The van der Waals surface area contributed by atoms with E-state index in [1.165, 1.54) is 61.0 Å². The Hall–Kier alpha value is -4.04. The lowest BCUT2D eigenvalue weighted by molar-refractivity contribution is 0.808. The normalized spacial score (nSPS) is 11.9. The average Bonchev–Trinajstić information content (AvgIpc) is 3.55. The summed E-state index contributed by atoms with van der Waals surface area (Å²) < 4.78 is 4.83. The lowest BCUT2D eigenvalue weighted by Crippen LogP contribution is -2.08. The number of aryl methyl sites for hydroxylation is 1. The van der Waals surface area contributed by atoms with Crippen LogP contribution in [0.1, 0.15) is 57.6 Å². The van der Waals surface area contributed by atoms with Gasteiger partial charge in [0.05, 0.1) is 11.4 Å². The van der Waals surface area contributed by atoms with Crippen molar-refractivity contribution in [3.05, 3.63) is 114 Å². The average molecular weight is 497 g/mol. The molecule has 0 aliphatic heterocycles. The Morgan fingerprint density at radius 3 is 1.92 bits per heavy atom. The molecule has 0 saturated carbocycles. The van der Waals surface area contributed by atoms with Crippen molar-refractivity contribution in [2.24, 2.45) is 0 Å². The fourth-order valence-corrected chi connectivity index (χ4v) is 6.00. The number of fused-ring (bicyclic) bond motifs is 3. The molecule has 6 aromatic rings. The first-order valence-electron chi connectivity index (χ1n) is 13.9. The van der Waals surface area contributed by atoms with E-state index >= 15 is 0 Å². The summed E-state index contributed by atoms with van der Waals surface area (Å²) in [5.41, 5.74) is 11.8. The third kappa shape index (κ3) is 3.96. The molecule has 2 nitrogen and oxygen atoms in total. The molecule has 0 atom stereocenters.